The average Bonchev–Trinajstić information content (AvgIpc) is 2.29. The molecule has 2 heterocycles. The number of rotatable bonds is 2. The van der Waals surface area contributed by atoms with Crippen LogP contribution in [0.3, 0.4) is 0 Å². The normalized spacial score (nSPS) is 17.8. The van der Waals surface area contributed by atoms with Crippen molar-refractivity contribution in [1.29, 1.82) is 0 Å². The molecule has 2 rings (SSSR count). The summed E-state index contributed by atoms with van der Waals surface area (Å²) < 4.78 is 38.3. The van der Waals surface area contributed by atoms with Gasteiger partial charge in [0.25, 0.3) is 10.0 Å². The molecule has 1 fully saturated rings. The van der Waals surface area contributed by atoms with Crippen molar-refractivity contribution < 1.29 is 17.6 Å². The summed E-state index contributed by atoms with van der Waals surface area (Å²) in [5.41, 5.74) is 0. The minimum Gasteiger partial charge on any atom is -0.354 e. The van der Waals surface area contributed by atoms with Gasteiger partial charge in [-0.05, 0) is 12.1 Å². The number of hydrogen-bond acceptors (Lipinski definition) is 4. The molecule has 8 heteroatoms. The first-order valence-electron chi connectivity index (χ1n) is 4.89. The van der Waals surface area contributed by atoms with Crippen molar-refractivity contribution in [3.63, 3.8) is 0 Å². The number of pyridine rings is 1. The van der Waals surface area contributed by atoms with Gasteiger partial charge in [-0.2, -0.15) is 4.31 Å². The predicted octanol–water partition coefficient (Wildman–Crippen LogP) is -0.659. The molecule has 1 N–H and O–H groups in total. The average molecular weight is 259 g/mol. The first-order valence-corrected chi connectivity index (χ1v) is 6.33. The maximum atomic E-state index is 13.4. The molecule has 0 aliphatic carbocycles. The number of hydrogen-bond donors (Lipinski definition) is 1. The van der Waals surface area contributed by atoms with Crippen LogP contribution in [0.15, 0.2) is 23.4 Å². The molecule has 92 valence electrons. The summed E-state index contributed by atoms with van der Waals surface area (Å²) in [4.78, 5) is 14.6. The lowest BCUT2D eigenvalue weighted by Gasteiger charge is -2.25. The van der Waals surface area contributed by atoms with Crippen LogP contribution in [0.1, 0.15) is 0 Å². The van der Waals surface area contributed by atoms with Gasteiger partial charge >= 0.3 is 0 Å². The SMILES string of the molecule is O=C1CN(S(=O)(=O)c2ncccc2F)CCN1. The Bertz CT molecular complexity index is 546. The van der Waals surface area contributed by atoms with Crippen LogP contribution in [0.4, 0.5) is 4.39 Å². The van der Waals surface area contributed by atoms with E-state index in [1.54, 1.807) is 0 Å². The van der Waals surface area contributed by atoms with Crippen LogP contribution in [0.5, 0.6) is 0 Å². The molecule has 0 bridgehead atoms. The van der Waals surface area contributed by atoms with E-state index in [-0.39, 0.29) is 19.6 Å². The molecule has 0 atom stereocenters. The third-order valence-electron chi connectivity index (χ3n) is 2.31. The van der Waals surface area contributed by atoms with Gasteiger partial charge in [-0.1, -0.05) is 0 Å². The quantitative estimate of drug-likeness (QED) is 0.764. The lowest BCUT2D eigenvalue weighted by Crippen LogP contribution is -2.50. The molecule has 0 spiro atoms. The van der Waals surface area contributed by atoms with Crippen molar-refractivity contribution in [3.8, 4) is 0 Å². The Kier molecular flexibility index (Phi) is 3.07. The molecule has 0 aromatic carbocycles. The van der Waals surface area contributed by atoms with E-state index in [2.05, 4.69) is 10.3 Å². The molecule has 1 aromatic heterocycles. The lowest BCUT2D eigenvalue weighted by atomic mass is 10.4. The van der Waals surface area contributed by atoms with E-state index < -0.39 is 26.8 Å². The van der Waals surface area contributed by atoms with E-state index in [1.807, 2.05) is 0 Å². The van der Waals surface area contributed by atoms with Crippen molar-refractivity contribution >= 4 is 15.9 Å². The number of piperazine rings is 1. The number of nitrogens with one attached hydrogen (secondary N) is 1. The molecular weight excluding hydrogens is 249 g/mol. The van der Waals surface area contributed by atoms with Crippen LogP contribution in [0, 0.1) is 5.82 Å². The number of carbonyl (C=O) groups is 1. The Labute approximate surface area is 97.5 Å². The highest BCUT2D eigenvalue weighted by Crippen LogP contribution is 2.16. The Morgan fingerprint density at radius 1 is 1.47 bits per heavy atom. The minimum absolute atomic E-state index is 0.115. The Morgan fingerprint density at radius 3 is 2.88 bits per heavy atom. The Balaban J connectivity index is 2.36. The van der Waals surface area contributed by atoms with Crippen LogP contribution in [-0.2, 0) is 14.8 Å². The molecule has 0 saturated carbocycles. The van der Waals surface area contributed by atoms with Gasteiger partial charge in [0.2, 0.25) is 10.9 Å². The lowest BCUT2D eigenvalue weighted by molar-refractivity contribution is -0.122. The van der Waals surface area contributed by atoms with Gasteiger partial charge in [0.1, 0.15) is 0 Å². The molecule has 1 amide bonds. The maximum absolute atomic E-state index is 13.4. The van der Waals surface area contributed by atoms with Gasteiger partial charge in [-0.15, -0.1) is 0 Å². The van der Waals surface area contributed by atoms with Crippen LogP contribution < -0.4 is 5.32 Å². The van der Waals surface area contributed by atoms with E-state index in [9.17, 15) is 17.6 Å². The highest BCUT2D eigenvalue weighted by molar-refractivity contribution is 7.89. The molecule has 1 aromatic rings. The molecule has 6 nitrogen and oxygen atoms in total. The van der Waals surface area contributed by atoms with Crippen molar-refractivity contribution in [1.82, 2.24) is 14.6 Å². The summed E-state index contributed by atoms with van der Waals surface area (Å²) in [5.74, 6) is -1.32. The summed E-state index contributed by atoms with van der Waals surface area (Å²) in [5, 5.41) is 1.85. The zero-order valence-electron chi connectivity index (χ0n) is 8.76. The third-order valence-corrected chi connectivity index (χ3v) is 4.09. The van der Waals surface area contributed by atoms with Crippen molar-refractivity contribution in [2.45, 2.75) is 5.03 Å². The van der Waals surface area contributed by atoms with Crippen LogP contribution in [0.25, 0.3) is 0 Å². The van der Waals surface area contributed by atoms with E-state index in [4.69, 9.17) is 0 Å². The van der Waals surface area contributed by atoms with Crippen molar-refractivity contribution in [3.05, 3.63) is 24.1 Å². The number of aromatic nitrogens is 1. The molecule has 0 radical (unpaired) electrons. The smallest absolute Gasteiger partial charge is 0.264 e. The van der Waals surface area contributed by atoms with E-state index in [0.717, 1.165) is 10.4 Å². The fourth-order valence-electron chi connectivity index (χ4n) is 1.50. The first-order chi connectivity index (χ1) is 8.01. The highest BCUT2D eigenvalue weighted by Gasteiger charge is 2.32. The number of sulfonamides is 1. The topological polar surface area (TPSA) is 79.4 Å². The van der Waals surface area contributed by atoms with E-state index >= 15 is 0 Å². The Hall–Kier alpha value is -1.54. The third kappa shape index (κ3) is 2.27. The van der Waals surface area contributed by atoms with Gasteiger partial charge in [0.15, 0.2) is 5.82 Å². The summed E-state index contributed by atoms with van der Waals surface area (Å²) in [6, 6.07) is 2.32. The van der Waals surface area contributed by atoms with Crippen molar-refractivity contribution in [2.24, 2.45) is 0 Å². The van der Waals surface area contributed by atoms with E-state index in [0.29, 0.717) is 0 Å². The summed E-state index contributed by atoms with van der Waals surface area (Å²) in [7, 11) is -4.04. The largest absolute Gasteiger partial charge is 0.354 e. The molecule has 1 aliphatic rings. The number of carbonyl (C=O) groups excluding carboxylic acids is 1. The fraction of sp³-hybridized carbons (Fsp3) is 0.333. The monoisotopic (exact) mass is 259 g/mol. The molecule has 17 heavy (non-hydrogen) atoms. The summed E-state index contributed by atoms with van der Waals surface area (Å²) >= 11 is 0. The summed E-state index contributed by atoms with van der Waals surface area (Å²) in [6.45, 7) is 0.0228. The van der Waals surface area contributed by atoms with Crippen LogP contribution in [0.2, 0.25) is 0 Å². The molecule has 0 unspecified atom stereocenters. The second-order valence-electron chi connectivity index (χ2n) is 3.48. The van der Waals surface area contributed by atoms with Crippen LogP contribution >= 0.6 is 0 Å². The van der Waals surface area contributed by atoms with Gasteiger partial charge < -0.3 is 5.32 Å². The minimum atomic E-state index is -4.04. The van der Waals surface area contributed by atoms with Gasteiger partial charge in [-0.3, -0.25) is 4.79 Å². The summed E-state index contributed by atoms with van der Waals surface area (Å²) in [6.07, 6.45) is 1.19. The zero-order valence-corrected chi connectivity index (χ0v) is 9.58. The van der Waals surface area contributed by atoms with Crippen LogP contribution in [-0.4, -0.2) is 43.2 Å². The number of nitrogens with zero attached hydrogens (tertiary/aromatic N) is 2. The standard InChI is InChI=1S/C9H10FN3O3S/c10-7-2-1-3-12-9(7)17(15,16)13-5-4-11-8(14)6-13/h1-3H,4-6H2,(H,11,14). The van der Waals surface area contributed by atoms with Gasteiger partial charge in [0.05, 0.1) is 6.54 Å². The molecule has 1 aliphatic heterocycles. The predicted molar refractivity (Wildman–Crippen MR) is 56.0 cm³/mol. The fourth-order valence-corrected chi connectivity index (χ4v) is 2.88. The first kappa shape index (κ1) is 11.9. The maximum Gasteiger partial charge on any atom is 0.264 e. The number of amides is 1. The Morgan fingerprint density at radius 2 is 2.24 bits per heavy atom. The number of halogens is 1. The van der Waals surface area contributed by atoms with Gasteiger partial charge in [-0.25, -0.2) is 17.8 Å². The second kappa shape index (κ2) is 4.38. The zero-order chi connectivity index (χ0) is 12.5. The van der Waals surface area contributed by atoms with Crippen molar-refractivity contribution in [2.75, 3.05) is 19.6 Å². The second-order valence-corrected chi connectivity index (χ2v) is 5.33. The molecule has 1 saturated heterocycles. The van der Waals surface area contributed by atoms with E-state index in [1.165, 1.54) is 12.3 Å². The molecular formula is C9H10FN3O3S. The van der Waals surface area contributed by atoms with Gasteiger partial charge in [0, 0.05) is 19.3 Å². The highest BCUT2D eigenvalue weighted by atomic mass is 32.2.